The molecule has 0 amide bonds. The van der Waals surface area contributed by atoms with Crippen LogP contribution in [-0.2, 0) is 0 Å². The number of hydrogen-bond donors (Lipinski definition) is 3. The van der Waals surface area contributed by atoms with Crippen LogP contribution in [0.3, 0.4) is 0 Å². The first-order valence-electron chi connectivity index (χ1n) is 4.13. The highest BCUT2D eigenvalue weighted by Gasteiger charge is 2.23. The Kier molecular flexibility index (Phi) is 3.34. The van der Waals surface area contributed by atoms with E-state index in [1.54, 1.807) is 0 Å². The van der Waals surface area contributed by atoms with E-state index in [1.165, 1.54) is 6.07 Å². The highest BCUT2D eigenvalue weighted by molar-refractivity contribution is 5.47. The molecular formula is C8H8N4O4. The zero-order valence-corrected chi connectivity index (χ0v) is 7.94. The maximum absolute atomic E-state index is 10.4. The van der Waals surface area contributed by atoms with E-state index in [0.717, 1.165) is 12.3 Å². The van der Waals surface area contributed by atoms with Gasteiger partial charge in [-0.1, -0.05) is 0 Å². The number of anilines is 1. The Hall–Kier alpha value is -2.24. The van der Waals surface area contributed by atoms with E-state index in [-0.39, 0.29) is 17.1 Å². The second-order valence-corrected chi connectivity index (χ2v) is 2.94. The second kappa shape index (κ2) is 4.52. The first kappa shape index (κ1) is 11.8. The van der Waals surface area contributed by atoms with E-state index in [0.29, 0.717) is 0 Å². The molecule has 8 heteroatoms. The Labute approximate surface area is 89.7 Å². The highest BCUT2D eigenvalue weighted by atomic mass is 16.6. The second-order valence-electron chi connectivity index (χ2n) is 2.94. The van der Waals surface area contributed by atoms with Gasteiger partial charge in [-0.2, -0.15) is 5.26 Å². The van der Waals surface area contributed by atoms with Crippen LogP contribution in [0, 0.1) is 21.4 Å². The molecule has 0 spiro atoms. The average Bonchev–Trinajstić information content (AvgIpc) is 2.27. The van der Waals surface area contributed by atoms with Crippen LogP contribution in [0.2, 0.25) is 0 Å². The number of aliphatic hydroxyl groups excluding tert-OH is 2. The Morgan fingerprint density at radius 3 is 2.75 bits per heavy atom. The third-order valence-electron chi connectivity index (χ3n) is 1.90. The molecule has 8 nitrogen and oxygen atoms in total. The third-order valence-corrected chi connectivity index (χ3v) is 1.90. The van der Waals surface area contributed by atoms with Gasteiger partial charge >= 0.3 is 0 Å². The minimum Gasteiger partial charge on any atom is -0.384 e. The third kappa shape index (κ3) is 2.22. The van der Waals surface area contributed by atoms with Crippen molar-refractivity contribution in [3.05, 3.63) is 27.9 Å². The molecule has 1 aromatic heterocycles. The highest BCUT2D eigenvalue weighted by Crippen LogP contribution is 2.25. The Bertz CT molecular complexity index is 456. The van der Waals surface area contributed by atoms with Crippen molar-refractivity contribution in [2.24, 2.45) is 0 Å². The maximum Gasteiger partial charge on any atom is 0.288 e. The summed E-state index contributed by atoms with van der Waals surface area (Å²) in [6, 6.07) is 2.36. The summed E-state index contributed by atoms with van der Waals surface area (Å²) in [4.78, 5) is 13.2. The smallest absolute Gasteiger partial charge is 0.288 e. The van der Waals surface area contributed by atoms with Gasteiger partial charge in [0.15, 0.2) is 6.10 Å². The molecule has 0 bridgehead atoms. The van der Waals surface area contributed by atoms with Crippen molar-refractivity contribution >= 4 is 11.5 Å². The maximum atomic E-state index is 10.4. The summed E-state index contributed by atoms with van der Waals surface area (Å²) in [6.45, 7) is 0. The van der Waals surface area contributed by atoms with Crippen LogP contribution in [0.25, 0.3) is 0 Å². The molecule has 0 saturated carbocycles. The van der Waals surface area contributed by atoms with E-state index < -0.39 is 17.1 Å². The molecule has 4 N–H and O–H groups in total. The molecule has 16 heavy (non-hydrogen) atoms. The molecule has 1 rings (SSSR count). The van der Waals surface area contributed by atoms with Gasteiger partial charge in [0.1, 0.15) is 18.1 Å². The molecule has 0 aliphatic carbocycles. The number of rotatable bonds is 3. The average molecular weight is 224 g/mol. The van der Waals surface area contributed by atoms with E-state index in [2.05, 4.69) is 4.98 Å². The van der Waals surface area contributed by atoms with Gasteiger partial charge in [-0.15, -0.1) is 0 Å². The molecule has 0 aliphatic heterocycles. The van der Waals surface area contributed by atoms with Gasteiger partial charge in [-0.25, -0.2) is 4.98 Å². The molecule has 2 unspecified atom stereocenters. The molecule has 1 aromatic rings. The lowest BCUT2D eigenvalue weighted by molar-refractivity contribution is -0.385. The molecular weight excluding hydrogens is 216 g/mol. The van der Waals surface area contributed by atoms with Crippen LogP contribution in [0.1, 0.15) is 11.7 Å². The van der Waals surface area contributed by atoms with Gasteiger partial charge < -0.3 is 15.9 Å². The first-order chi connectivity index (χ1) is 7.47. The fourth-order valence-corrected chi connectivity index (χ4v) is 1.06. The quantitative estimate of drug-likeness (QED) is 0.356. The van der Waals surface area contributed by atoms with E-state index in [1.807, 2.05) is 0 Å². The zero-order chi connectivity index (χ0) is 12.3. The van der Waals surface area contributed by atoms with E-state index in [9.17, 15) is 15.2 Å². The van der Waals surface area contributed by atoms with Crippen LogP contribution in [0.4, 0.5) is 11.5 Å². The van der Waals surface area contributed by atoms with Gasteiger partial charge in [0.05, 0.1) is 11.0 Å². The van der Waals surface area contributed by atoms with Crippen molar-refractivity contribution in [1.82, 2.24) is 4.98 Å². The normalized spacial score (nSPS) is 13.8. The summed E-state index contributed by atoms with van der Waals surface area (Å²) in [6.07, 6.45) is -2.42. The summed E-state index contributed by atoms with van der Waals surface area (Å²) in [5.74, 6) is -0.174. The lowest BCUT2D eigenvalue weighted by atomic mass is 10.1. The summed E-state index contributed by atoms with van der Waals surface area (Å²) in [5, 5.41) is 37.4. The van der Waals surface area contributed by atoms with Crippen LogP contribution >= 0.6 is 0 Å². The molecule has 2 atom stereocenters. The van der Waals surface area contributed by atoms with E-state index >= 15 is 0 Å². The Morgan fingerprint density at radius 2 is 2.25 bits per heavy atom. The number of aromatic nitrogens is 1. The minimum atomic E-state index is -1.72. The van der Waals surface area contributed by atoms with Gasteiger partial charge in [0.2, 0.25) is 0 Å². The van der Waals surface area contributed by atoms with Crippen molar-refractivity contribution in [1.29, 1.82) is 5.26 Å². The number of nitrogens with two attached hydrogens (primary N) is 1. The molecule has 0 radical (unpaired) electrons. The number of nitrogen functional groups attached to an aromatic ring is 1. The summed E-state index contributed by atoms with van der Waals surface area (Å²) in [5.41, 5.74) is 4.84. The van der Waals surface area contributed by atoms with Crippen LogP contribution in [-0.4, -0.2) is 26.2 Å². The standard InChI is InChI=1S/C8H8N4O4/c9-2-6(13)7(14)5-1-4(12(15)16)3-11-8(5)10/h1,3,6-7,13-14H,(H2,10,11). The lowest BCUT2D eigenvalue weighted by Gasteiger charge is -2.12. The Morgan fingerprint density at radius 1 is 1.62 bits per heavy atom. The van der Waals surface area contributed by atoms with Crippen LogP contribution in [0.15, 0.2) is 12.3 Å². The van der Waals surface area contributed by atoms with Crippen molar-refractivity contribution in [3.63, 3.8) is 0 Å². The fraction of sp³-hybridized carbons (Fsp3) is 0.250. The first-order valence-corrected chi connectivity index (χ1v) is 4.13. The SMILES string of the molecule is N#CC(O)C(O)c1cc([N+](=O)[O-])cnc1N. The molecule has 0 aliphatic rings. The van der Waals surface area contributed by atoms with Crippen molar-refractivity contribution in [3.8, 4) is 6.07 Å². The minimum absolute atomic E-state index is 0.150. The lowest BCUT2D eigenvalue weighted by Crippen LogP contribution is -2.18. The number of aliphatic hydroxyl groups is 2. The van der Waals surface area contributed by atoms with Crippen molar-refractivity contribution in [2.45, 2.75) is 12.2 Å². The van der Waals surface area contributed by atoms with Crippen molar-refractivity contribution in [2.75, 3.05) is 5.73 Å². The fourth-order valence-electron chi connectivity index (χ4n) is 1.06. The van der Waals surface area contributed by atoms with Gasteiger partial charge in [-0.05, 0) is 0 Å². The summed E-state index contributed by atoms with van der Waals surface area (Å²) >= 11 is 0. The zero-order valence-electron chi connectivity index (χ0n) is 7.94. The van der Waals surface area contributed by atoms with Gasteiger partial charge in [0, 0.05) is 11.6 Å². The van der Waals surface area contributed by atoms with Gasteiger partial charge in [-0.3, -0.25) is 10.1 Å². The summed E-state index contributed by atoms with van der Waals surface area (Å²) < 4.78 is 0. The number of nitrogens with zero attached hydrogens (tertiary/aromatic N) is 3. The van der Waals surface area contributed by atoms with Crippen LogP contribution < -0.4 is 5.73 Å². The predicted octanol–water partition coefficient (Wildman–Crippen LogP) is -0.510. The molecule has 0 saturated heterocycles. The number of nitro groups is 1. The molecule has 84 valence electrons. The molecule has 0 fully saturated rings. The van der Waals surface area contributed by atoms with E-state index in [4.69, 9.17) is 16.1 Å². The Balaban J connectivity index is 3.17. The number of nitriles is 1. The molecule has 0 aromatic carbocycles. The van der Waals surface area contributed by atoms with Crippen molar-refractivity contribution < 1.29 is 15.1 Å². The van der Waals surface area contributed by atoms with Crippen LogP contribution in [0.5, 0.6) is 0 Å². The summed E-state index contributed by atoms with van der Waals surface area (Å²) in [7, 11) is 0. The molecule has 1 heterocycles. The largest absolute Gasteiger partial charge is 0.384 e. The number of pyridine rings is 1. The monoisotopic (exact) mass is 224 g/mol. The van der Waals surface area contributed by atoms with Gasteiger partial charge in [0.25, 0.3) is 5.69 Å². The number of hydrogen-bond acceptors (Lipinski definition) is 7. The predicted molar refractivity (Wildman–Crippen MR) is 51.9 cm³/mol. The topological polar surface area (TPSA) is 146 Å².